The third kappa shape index (κ3) is 41.7. The van der Waals surface area contributed by atoms with Crippen molar-refractivity contribution >= 4 is 13.7 Å². The van der Waals surface area contributed by atoms with Crippen molar-refractivity contribution in [2.75, 3.05) is 40.9 Å². The van der Waals surface area contributed by atoms with Crippen LogP contribution < -0.4 is 10.2 Å². The molecule has 336 valence electrons. The summed E-state index contributed by atoms with van der Waals surface area (Å²) < 4.78 is 23.2. The minimum absolute atomic E-state index is 0.0156. The normalized spacial score (nSPS) is 14.2. The van der Waals surface area contributed by atoms with Gasteiger partial charge in [0.05, 0.1) is 39.9 Å². The molecule has 0 saturated heterocycles. The number of quaternary nitrogens is 1. The second-order valence-corrected chi connectivity index (χ2v) is 19.6. The summed E-state index contributed by atoms with van der Waals surface area (Å²) in [5.41, 5.74) is 0. The molecule has 8 nitrogen and oxygen atoms in total. The maximum absolute atomic E-state index is 12.8. The van der Waals surface area contributed by atoms with Crippen LogP contribution in [0.4, 0.5) is 0 Å². The summed E-state index contributed by atoms with van der Waals surface area (Å²) in [7, 11) is 1.32. The number of hydrogen-bond donors (Lipinski definition) is 2. The van der Waals surface area contributed by atoms with Gasteiger partial charge in [0.25, 0.3) is 7.82 Å². The Morgan fingerprint density at radius 2 is 0.875 bits per heavy atom. The zero-order valence-corrected chi connectivity index (χ0v) is 39.0. The number of rotatable bonds is 45. The number of carbonyl (C=O) groups excluding carboxylic acids is 1. The van der Waals surface area contributed by atoms with Gasteiger partial charge in [0.2, 0.25) is 5.91 Å². The highest BCUT2D eigenvalue weighted by Crippen LogP contribution is 2.38. The minimum atomic E-state index is -4.55. The molecule has 1 amide bonds. The second-order valence-electron chi connectivity index (χ2n) is 18.2. The van der Waals surface area contributed by atoms with Crippen LogP contribution in [0.3, 0.4) is 0 Å². The van der Waals surface area contributed by atoms with Crippen molar-refractivity contribution in [1.82, 2.24) is 5.32 Å². The number of aliphatic hydroxyl groups is 1. The number of nitrogens with zero attached hydrogens (tertiary/aromatic N) is 1. The Balaban J connectivity index is 3.98. The summed E-state index contributed by atoms with van der Waals surface area (Å²) in [6, 6.07) is -0.791. The van der Waals surface area contributed by atoms with E-state index < -0.39 is 20.0 Å². The lowest BCUT2D eigenvalue weighted by Crippen LogP contribution is -2.46. The Morgan fingerprint density at radius 1 is 0.554 bits per heavy atom. The number of amides is 1. The lowest BCUT2D eigenvalue weighted by molar-refractivity contribution is -0.870. The number of phosphoric ester groups is 1. The van der Waals surface area contributed by atoms with Gasteiger partial charge in [0.1, 0.15) is 13.2 Å². The van der Waals surface area contributed by atoms with Crippen molar-refractivity contribution in [3.8, 4) is 0 Å². The van der Waals surface area contributed by atoms with Gasteiger partial charge in [0.15, 0.2) is 0 Å². The lowest BCUT2D eigenvalue weighted by Gasteiger charge is -2.30. The third-order valence-corrected chi connectivity index (χ3v) is 12.3. The predicted octanol–water partition coefficient (Wildman–Crippen LogP) is 13.1. The van der Waals surface area contributed by atoms with E-state index in [1.165, 1.54) is 180 Å². The summed E-state index contributed by atoms with van der Waals surface area (Å²) in [4.78, 5) is 25.3. The van der Waals surface area contributed by atoms with Gasteiger partial charge in [0, 0.05) is 6.42 Å². The van der Waals surface area contributed by atoms with E-state index in [-0.39, 0.29) is 19.1 Å². The van der Waals surface area contributed by atoms with Gasteiger partial charge < -0.3 is 28.8 Å². The first-order valence-corrected chi connectivity index (χ1v) is 25.8. The van der Waals surface area contributed by atoms with Crippen LogP contribution in [0.1, 0.15) is 245 Å². The number of aliphatic hydroxyl groups excluding tert-OH is 1. The summed E-state index contributed by atoms with van der Waals surface area (Å²) in [6.45, 7) is 4.71. The van der Waals surface area contributed by atoms with Crippen molar-refractivity contribution in [3.63, 3.8) is 0 Å². The van der Waals surface area contributed by atoms with Crippen LogP contribution in [0, 0.1) is 0 Å². The Bertz CT molecular complexity index is 885. The molecule has 0 spiro atoms. The third-order valence-electron chi connectivity index (χ3n) is 11.3. The molecule has 0 fully saturated rings. The van der Waals surface area contributed by atoms with Crippen LogP contribution >= 0.6 is 7.82 Å². The fourth-order valence-corrected chi connectivity index (χ4v) is 8.18. The van der Waals surface area contributed by atoms with Crippen LogP contribution in [0.2, 0.25) is 0 Å². The number of unbranched alkanes of at least 4 members (excludes halogenated alkanes) is 32. The molecule has 0 aromatic heterocycles. The largest absolute Gasteiger partial charge is 0.756 e. The average molecular weight is 817 g/mol. The molecule has 0 heterocycles. The van der Waals surface area contributed by atoms with Gasteiger partial charge in [-0.3, -0.25) is 9.36 Å². The van der Waals surface area contributed by atoms with E-state index in [9.17, 15) is 19.4 Å². The molecule has 0 bridgehead atoms. The van der Waals surface area contributed by atoms with E-state index in [2.05, 4.69) is 19.2 Å². The molecule has 0 aromatic carbocycles. The van der Waals surface area contributed by atoms with Gasteiger partial charge in [-0.2, -0.15) is 0 Å². The summed E-state index contributed by atoms with van der Waals surface area (Å²) in [6.07, 6.45) is 44.3. The number of carbonyl (C=O) groups is 1. The predicted molar refractivity (Wildman–Crippen MR) is 238 cm³/mol. The summed E-state index contributed by atoms with van der Waals surface area (Å²) >= 11 is 0. The molecule has 0 aromatic rings. The first-order valence-electron chi connectivity index (χ1n) is 24.4. The van der Waals surface area contributed by atoms with Gasteiger partial charge in [-0.15, -0.1) is 0 Å². The number of likely N-dealkylation sites (N-methyl/N-ethyl adjacent to an activating group) is 1. The molecule has 0 saturated carbocycles. The van der Waals surface area contributed by atoms with Crippen molar-refractivity contribution in [1.29, 1.82) is 0 Å². The molecule has 0 aliphatic heterocycles. The van der Waals surface area contributed by atoms with Crippen molar-refractivity contribution in [2.45, 2.75) is 257 Å². The van der Waals surface area contributed by atoms with Crippen LogP contribution in [-0.2, 0) is 18.4 Å². The first-order chi connectivity index (χ1) is 27.0. The topological polar surface area (TPSA) is 108 Å². The maximum Gasteiger partial charge on any atom is 0.268 e. The monoisotopic (exact) mass is 817 g/mol. The molecular weight excluding hydrogens is 719 g/mol. The van der Waals surface area contributed by atoms with Crippen LogP contribution in [-0.4, -0.2) is 68.5 Å². The Labute approximate surface area is 349 Å². The van der Waals surface area contributed by atoms with Crippen molar-refractivity contribution in [2.24, 2.45) is 0 Å². The van der Waals surface area contributed by atoms with Crippen molar-refractivity contribution < 1.29 is 32.9 Å². The van der Waals surface area contributed by atoms with Crippen LogP contribution in [0.15, 0.2) is 0 Å². The number of hydrogen-bond acceptors (Lipinski definition) is 6. The Kier molecular flexibility index (Phi) is 39.6. The molecule has 0 rings (SSSR count). The smallest absolute Gasteiger partial charge is 0.268 e. The van der Waals surface area contributed by atoms with Gasteiger partial charge >= 0.3 is 0 Å². The van der Waals surface area contributed by atoms with Gasteiger partial charge in [-0.05, 0) is 12.8 Å². The fraction of sp³-hybridized carbons (Fsp3) is 0.979. The molecule has 0 aliphatic carbocycles. The van der Waals surface area contributed by atoms with Crippen LogP contribution in [0.5, 0.6) is 0 Å². The SMILES string of the molecule is CCCCCCCCCCCCCCCCCCCCCCCCCCCCC(=O)NC(COP(=O)([O-])OCC[N+](C)(C)C)C(O)CCCCCCCCCC. The van der Waals surface area contributed by atoms with Gasteiger partial charge in [-0.25, -0.2) is 0 Å². The molecule has 9 heteroatoms. The van der Waals surface area contributed by atoms with E-state index in [1.54, 1.807) is 0 Å². The fourth-order valence-electron chi connectivity index (χ4n) is 7.45. The quantitative estimate of drug-likeness (QED) is 0.0360. The Hall–Kier alpha value is -0.500. The van der Waals surface area contributed by atoms with Crippen molar-refractivity contribution in [3.05, 3.63) is 0 Å². The molecular formula is C47H97N2O6P. The molecule has 0 radical (unpaired) electrons. The Morgan fingerprint density at radius 3 is 1.21 bits per heavy atom. The molecule has 3 atom stereocenters. The highest BCUT2D eigenvalue weighted by Gasteiger charge is 2.24. The number of phosphoric acid groups is 1. The number of nitrogens with one attached hydrogen (secondary N) is 1. The summed E-state index contributed by atoms with van der Waals surface area (Å²) in [5.74, 6) is -0.162. The van der Waals surface area contributed by atoms with Gasteiger partial charge in [-0.1, -0.05) is 226 Å². The standard InChI is InChI=1S/C47H97N2O6P/c1-6-8-10-12-14-16-17-18-19-20-21-22-23-24-25-26-27-28-29-30-31-32-33-35-37-39-41-47(51)48-45(44-55-56(52,53)54-43-42-49(3,4)5)46(50)40-38-36-34-15-13-11-9-7-2/h45-46,50H,6-44H2,1-5H3,(H-,48,51,52,53). The zero-order valence-electron chi connectivity index (χ0n) is 38.1. The van der Waals surface area contributed by atoms with E-state index in [1.807, 2.05) is 21.1 Å². The van der Waals surface area contributed by atoms with E-state index in [0.717, 1.165) is 38.5 Å². The molecule has 56 heavy (non-hydrogen) atoms. The molecule has 0 aliphatic rings. The van der Waals surface area contributed by atoms with Crippen LogP contribution in [0.25, 0.3) is 0 Å². The average Bonchev–Trinajstić information content (AvgIpc) is 3.15. The zero-order chi connectivity index (χ0) is 41.4. The first kappa shape index (κ1) is 55.5. The maximum atomic E-state index is 12.8. The lowest BCUT2D eigenvalue weighted by atomic mass is 10.0. The van der Waals surface area contributed by atoms with E-state index >= 15 is 0 Å². The van der Waals surface area contributed by atoms with E-state index in [0.29, 0.717) is 23.9 Å². The summed E-state index contributed by atoms with van der Waals surface area (Å²) in [5, 5.41) is 13.8. The minimum Gasteiger partial charge on any atom is -0.756 e. The van der Waals surface area contributed by atoms with E-state index in [4.69, 9.17) is 9.05 Å². The second kappa shape index (κ2) is 39.9. The molecule has 2 N–H and O–H groups in total. The molecule has 3 unspecified atom stereocenters. The highest BCUT2D eigenvalue weighted by molar-refractivity contribution is 7.45. The highest BCUT2D eigenvalue weighted by atomic mass is 31.2.